The van der Waals surface area contributed by atoms with E-state index in [0.717, 1.165) is 42.8 Å². The number of rotatable bonds is 3. The van der Waals surface area contributed by atoms with E-state index in [1.165, 1.54) is 6.42 Å². The highest BCUT2D eigenvalue weighted by Crippen LogP contribution is 2.29. The number of esters is 1. The van der Waals surface area contributed by atoms with Gasteiger partial charge < -0.3 is 14.2 Å². The number of hydrogen-bond donors (Lipinski definition) is 0. The topological polar surface area (TPSA) is 81.4 Å². The molecule has 0 radical (unpaired) electrons. The van der Waals surface area contributed by atoms with Gasteiger partial charge in [0.05, 0.1) is 12.3 Å². The van der Waals surface area contributed by atoms with Crippen molar-refractivity contribution >= 4 is 22.9 Å². The number of aryl methyl sites for hydroxylation is 1. The number of hydrogen-bond acceptors (Lipinski definition) is 7. The lowest BCUT2D eigenvalue weighted by Gasteiger charge is -2.28. The van der Waals surface area contributed by atoms with Crippen molar-refractivity contribution < 1.29 is 14.1 Å². The molecule has 1 fully saturated rings. The molecule has 1 aliphatic heterocycles. The second-order valence-corrected chi connectivity index (χ2v) is 5.09. The first kappa shape index (κ1) is 13.8. The Balaban J connectivity index is 2.09. The number of aromatic nitrogens is 3. The number of piperidine rings is 1. The maximum atomic E-state index is 11.9. The average Bonchev–Trinajstić information content (AvgIpc) is 2.89. The number of nitrogens with zero attached hydrogens (tertiary/aromatic N) is 4. The largest absolute Gasteiger partial charge is 0.460 e. The van der Waals surface area contributed by atoms with Crippen LogP contribution in [0, 0.1) is 6.92 Å². The van der Waals surface area contributed by atoms with E-state index in [4.69, 9.17) is 9.26 Å². The fraction of sp³-hybridized carbons (Fsp3) is 0.571. The molecule has 1 aliphatic rings. The molecule has 0 unspecified atom stereocenters. The molecule has 0 aromatic carbocycles. The van der Waals surface area contributed by atoms with Crippen LogP contribution in [0.1, 0.15) is 42.5 Å². The first-order valence-electron chi connectivity index (χ1n) is 7.26. The predicted octanol–water partition coefficient (Wildman–Crippen LogP) is 2.09. The van der Waals surface area contributed by atoms with Gasteiger partial charge in [-0.1, -0.05) is 5.16 Å². The molecule has 0 aliphatic carbocycles. The molecule has 3 heterocycles. The molecule has 0 spiro atoms. The van der Waals surface area contributed by atoms with Crippen LogP contribution in [0.5, 0.6) is 0 Å². The van der Waals surface area contributed by atoms with Gasteiger partial charge in [-0.2, -0.15) is 4.98 Å². The number of anilines is 1. The SMILES string of the molecule is CCOC(=O)c1nc(N2CCCCC2)c2c(C)noc2n1. The van der Waals surface area contributed by atoms with Crippen molar-refractivity contribution in [1.29, 1.82) is 0 Å². The number of ether oxygens (including phenoxy) is 1. The minimum Gasteiger partial charge on any atom is -0.460 e. The van der Waals surface area contributed by atoms with Crippen LogP contribution >= 0.6 is 0 Å². The quantitative estimate of drug-likeness (QED) is 0.800. The van der Waals surface area contributed by atoms with Gasteiger partial charge in [0.2, 0.25) is 5.82 Å². The van der Waals surface area contributed by atoms with Gasteiger partial charge in [0, 0.05) is 13.1 Å². The van der Waals surface area contributed by atoms with Gasteiger partial charge in [-0.05, 0) is 33.1 Å². The van der Waals surface area contributed by atoms with Crippen molar-refractivity contribution in [2.75, 3.05) is 24.6 Å². The van der Waals surface area contributed by atoms with Crippen LogP contribution in [-0.4, -0.2) is 40.8 Å². The van der Waals surface area contributed by atoms with E-state index in [1.807, 2.05) is 6.92 Å². The van der Waals surface area contributed by atoms with Crippen LogP contribution in [0.25, 0.3) is 11.1 Å². The van der Waals surface area contributed by atoms with Crippen molar-refractivity contribution in [2.24, 2.45) is 0 Å². The Morgan fingerprint density at radius 3 is 2.76 bits per heavy atom. The van der Waals surface area contributed by atoms with Gasteiger partial charge in [0.15, 0.2) is 0 Å². The first-order chi connectivity index (χ1) is 10.2. The van der Waals surface area contributed by atoms with Crippen molar-refractivity contribution in [1.82, 2.24) is 15.1 Å². The van der Waals surface area contributed by atoms with Crippen LogP contribution in [0.3, 0.4) is 0 Å². The molecular weight excluding hydrogens is 272 g/mol. The van der Waals surface area contributed by atoms with Crippen molar-refractivity contribution in [3.8, 4) is 0 Å². The summed E-state index contributed by atoms with van der Waals surface area (Å²) in [5, 5.41) is 4.72. The molecule has 0 bridgehead atoms. The van der Waals surface area contributed by atoms with Crippen LogP contribution in [0.4, 0.5) is 5.82 Å². The molecule has 0 N–H and O–H groups in total. The Morgan fingerprint density at radius 2 is 2.05 bits per heavy atom. The fourth-order valence-electron chi connectivity index (χ4n) is 2.59. The molecule has 0 amide bonds. The molecule has 2 aromatic heterocycles. The zero-order valence-corrected chi connectivity index (χ0v) is 12.3. The van der Waals surface area contributed by atoms with Crippen molar-refractivity contribution in [3.63, 3.8) is 0 Å². The normalized spacial score (nSPS) is 15.4. The number of fused-ring (bicyclic) bond motifs is 1. The maximum Gasteiger partial charge on any atom is 0.376 e. The van der Waals surface area contributed by atoms with Gasteiger partial charge in [0.1, 0.15) is 11.2 Å². The van der Waals surface area contributed by atoms with E-state index < -0.39 is 5.97 Å². The van der Waals surface area contributed by atoms with E-state index in [1.54, 1.807) is 6.92 Å². The van der Waals surface area contributed by atoms with Gasteiger partial charge in [-0.15, -0.1) is 0 Å². The maximum absolute atomic E-state index is 11.9. The minimum absolute atomic E-state index is 0.0288. The summed E-state index contributed by atoms with van der Waals surface area (Å²) in [4.78, 5) is 22.6. The summed E-state index contributed by atoms with van der Waals surface area (Å²) >= 11 is 0. The van der Waals surface area contributed by atoms with Crippen molar-refractivity contribution in [2.45, 2.75) is 33.1 Å². The van der Waals surface area contributed by atoms with Gasteiger partial charge in [-0.25, -0.2) is 9.78 Å². The number of carbonyl (C=O) groups is 1. The molecular formula is C14H18N4O3. The van der Waals surface area contributed by atoms with E-state index in [9.17, 15) is 4.79 Å². The Labute approximate surface area is 122 Å². The first-order valence-corrected chi connectivity index (χ1v) is 7.26. The summed E-state index contributed by atoms with van der Waals surface area (Å²) in [6, 6.07) is 0. The lowest BCUT2D eigenvalue weighted by Crippen LogP contribution is -2.31. The zero-order valence-electron chi connectivity index (χ0n) is 12.3. The van der Waals surface area contributed by atoms with Crippen LogP contribution in [0.2, 0.25) is 0 Å². The Hall–Kier alpha value is -2.18. The van der Waals surface area contributed by atoms with Crippen LogP contribution in [-0.2, 0) is 4.74 Å². The van der Waals surface area contributed by atoms with E-state index >= 15 is 0 Å². The Morgan fingerprint density at radius 1 is 1.29 bits per heavy atom. The Kier molecular flexibility index (Phi) is 3.72. The third kappa shape index (κ3) is 2.55. The molecule has 7 nitrogen and oxygen atoms in total. The third-order valence-corrected chi connectivity index (χ3v) is 3.60. The summed E-state index contributed by atoms with van der Waals surface area (Å²) in [5.74, 6) is 0.217. The van der Waals surface area contributed by atoms with Gasteiger partial charge >= 0.3 is 5.97 Å². The molecule has 1 saturated heterocycles. The standard InChI is InChI=1S/C14H18N4O3/c1-3-20-14(19)11-15-12(18-7-5-4-6-8-18)10-9(2)17-21-13(10)16-11/h3-8H2,1-2H3. The molecule has 2 aromatic rings. The predicted molar refractivity (Wildman–Crippen MR) is 76.4 cm³/mol. The molecule has 21 heavy (non-hydrogen) atoms. The lowest BCUT2D eigenvalue weighted by atomic mass is 10.1. The highest BCUT2D eigenvalue weighted by atomic mass is 16.5. The minimum atomic E-state index is -0.535. The monoisotopic (exact) mass is 290 g/mol. The Bertz CT molecular complexity index is 662. The van der Waals surface area contributed by atoms with Crippen molar-refractivity contribution in [3.05, 3.63) is 11.5 Å². The van der Waals surface area contributed by atoms with E-state index in [0.29, 0.717) is 5.71 Å². The van der Waals surface area contributed by atoms with E-state index in [2.05, 4.69) is 20.0 Å². The number of carbonyl (C=O) groups excluding carboxylic acids is 1. The van der Waals surface area contributed by atoms with Gasteiger partial charge in [0.25, 0.3) is 5.71 Å². The molecule has 3 rings (SSSR count). The molecule has 112 valence electrons. The van der Waals surface area contributed by atoms with Crippen LogP contribution in [0.15, 0.2) is 4.52 Å². The second kappa shape index (κ2) is 5.67. The molecule has 7 heteroatoms. The third-order valence-electron chi connectivity index (χ3n) is 3.60. The zero-order chi connectivity index (χ0) is 14.8. The summed E-state index contributed by atoms with van der Waals surface area (Å²) in [5.41, 5.74) is 1.08. The van der Waals surface area contributed by atoms with Crippen LogP contribution < -0.4 is 4.90 Å². The average molecular weight is 290 g/mol. The summed E-state index contributed by atoms with van der Waals surface area (Å²) in [7, 11) is 0. The fourth-order valence-corrected chi connectivity index (χ4v) is 2.59. The highest BCUT2D eigenvalue weighted by Gasteiger charge is 2.23. The summed E-state index contributed by atoms with van der Waals surface area (Å²) in [6.45, 7) is 5.72. The molecule has 0 atom stereocenters. The smallest absolute Gasteiger partial charge is 0.376 e. The summed E-state index contributed by atoms with van der Waals surface area (Å²) < 4.78 is 10.2. The highest BCUT2D eigenvalue weighted by molar-refractivity contribution is 5.93. The second-order valence-electron chi connectivity index (χ2n) is 5.09. The molecule has 0 saturated carbocycles. The lowest BCUT2D eigenvalue weighted by molar-refractivity contribution is 0.0512. The summed E-state index contributed by atoms with van der Waals surface area (Å²) in [6.07, 6.45) is 3.45. The van der Waals surface area contributed by atoms with E-state index in [-0.39, 0.29) is 12.4 Å². The van der Waals surface area contributed by atoms with Gasteiger partial charge in [-0.3, -0.25) is 0 Å².